The monoisotopic (exact) mass is 288 g/mol. The van der Waals surface area contributed by atoms with E-state index < -0.39 is 7.12 Å². The predicted molar refractivity (Wildman–Crippen MR) is 84.8 cm³/mol. The van der Waals surface area contributed by atoms with Gasteiger partial charge >= 0.3 is 7.12 Å². The minimum Gasteiger partial charge on any atom is -0.427 e. The van der Waals surface area contributed by atoms with Crippen LogP contribution in [0.5, 0.6) is 0 Å². The fourth-order valence-electron chi connectivity index (χ4n) is 4.11. The maximum atomic E-state index is 9.04. The summed E-state index contributed by atoms with van der Waals surface area (Å²) >= 11 is 0. The van der Waals surface area contributed by atoms with Crippen LogP contribution < -0.4 is 5.32 Å². The van der Waals surface area contributed by atoms with Crippen molar-refractivity contribution < 1.29 is 10.0 Å². The fraction of sp³-hybridized carbons (Fsp3) is 0.625. The van der Waals surface area contributed by atoms with Gasteiger partial charge in [-0.25, -0.2) is 0 Å². The van der Waals surface area contributed by atoms with Crippen molar-refractivity contribution in [2.24, 2.45) is 5.41 Å². The third-order valence-electron chi connectivity index (χ3n) is 5.22. The van der Waals surface area contributed by atoms with Crippen LogP contribution in [0, 0.1) is 5.41 Å². The second-order valence-corrected chi connectivity index (χ2v) is 6.59. The van der Waals surface area contributed by atoms with Gasteiger partial charge in [0, 0.05) is 31.1 Å². The molecule has 2 saturated heterocycles. The maximum absolute atomic E-state index is 9.04. The van der Waals surface area contributed by atoms with Gasteiger partial charge in [-0.2, -0.15) is 0 Å². The van der Waals surface area contributed by atoms with E-state index in [0.29, 0.717) is 17.8 Å². The Kier molecular flexibility index (Phi) is 4.64. The highest BCUT2D eigenvalue weighted by Crippen LogP contribution is 2.44. The first-order valence-electron chi connectivity index (χ1n) is 8.04. The number of benzene rings is 1. The van der Waals surface area contributed by atoms with Crippen LogP contribution >= 0.6 is 0 Å². The van der Waals surface area contributed by atoms with E-state index in [-0.39, 0.29) is 0 Å². The minimum atomic E-state index is -1.16. The summed E-state index contributed by atoms with van der Waals surface area (Å²) in [6.07, 6.45) is 3.70. The van der Waals surface area contributed by atoms with Crippen LogP contribution in [0.1, 0.15) is 24.8 Å². The van der Waals surface area contributed by atoms with Crippen LogP contribution in [0.2, 0.25) is 6.32 Å². The van der Waals surface area contributed by atoms with E-state index in [4.69, 9.17) is 10.0 Å². The number of rotatable bonds is 6. The second kappa shape index (κ2) is 6.49. The summed E-state index contributed by atoms with van der Waals surface area (Å²) in [6.45, 7) is 4.32. The summed E-state index contributed by atoms with van der Waals surface area (Å²) in [5.41, 5.74) is 1.72. The van der Waals surface area contributed by atoms with Gasteiger partial charge < -0.3 is 15.4 Å². The number of nitrogens with one attached hydrogen (secondary N) is 1. The molecule has 2 fully saturated rings. The van der Waals surface area contributed by atoms with Crippen molar-refractivity contribution in [1.29, 1.82) is 0 Å². The van der Waals surface area contributed by atoms with Gasteiger partial charge in [-0.3, -0.25) is 4.90 Å². The first-order valence-corrected chi connectivity index (χ1v) is 8.04. The fourth-order valence-corrected chi connectivity index (χ4v) is 4.11. The summed E-state index contributed by atoms with van der Waals surface area (Å²) in [5.74, 6) is 0. The summed E-state index contributed by atoms with van der Waals surface area (Å²) < 4.78 is 0. The lowest BCUT2D eigenvalue weighted by molar-refractivity contribution is 0.184. The van der Waals surface area contributed by atoms with Gasteiger partial charge in [0.1, 0.15) is 0 Å². The molecule has 0 bridgehead atoms. The molecule has 0 amide bonds. The first kappa shape index (κ1) is 15.0. The quantitative estimate of drug-likeness (QED) is 0.686. The second-order valence-electron chi connectivity index (χ2n) is 6.59. The number of hydrogen-bond donors (Lipinski definition) is 3. The molecule has 1 aromatic rings. The molecule has 1 aromatic carbocycles. The molecule has 21 heavy (non-hydrogen) atoms. The lowest BCUT2D eigenvalue weighted by atomic mass is 9.74. The van der Waals surface area contributed by atoms with Crippen LogP contribution in [0.3, 0.4) is 0 Å². The molecule has 2 aliphatic heterocycles. The Morgan fingerprint density at radius 3 is 2.86 bits per heavy atom. The van der Waals surface area contributed by atoms with Gasteiger partial charge in [-0.1, -0.05) is 36.8 Å². The highest BCUT2D eigenvalue weighted by molar-refractivity contribution is 6.40. The van der Waals surface area contributed by atoms with E-state index in [1.165, 1.54) is 12.0 Å². The SMILES string of the molecule is OB(O)CCC[C@]12CCN(Cc3ccccc3)[C@H]1CNC2. The van der Waals surface area contributed by atoms with Crippen LogP contribution in [-0.4, -0.2) is 47.7 Å². The largest absolute Gasteiger partial charge is 0.451 e. The zero-order chi connectivity index (χ0) is 14.7. The smallest absolute Gasteiger partial charge is 0.427 e. The van der Waals surface area contributed by atoms with E-state index in [9.17, 15) is 0 Å². The molecular weight excluding hydrogens is 263 g/mol. The summed E-state index contributed by atoms with van der Waals surface area (Å²) in [7, 11) is -1.16. The van der Waals surface area contributed by atoms with Crippen molar-refractivity contribution in [3.63, 3.8) is 0 Å². The normalized spacial score (nSPS) is 28.8. The molecule has 0 unspecified atom stereocenters. The van der Waals surface area contributed by atoms with Gasteiger partial charge in [0.15, 0.2) is 0 Å². The molecule has 0 saturated carbocycles. The average molecular weight is 288 g/mol. The topological polar surface area (TPSA) is 55.7 Å². The van der Waals surface area contributed by atoms with Crippen LogP contribution in [0.25, 0.3) is 0 Å². The van der Waals surface area contributed by atoms with Crippen molar-refractivity contribution in [2.45, 2.75) is 38.2 Å². The molecule has 4 nitrogen and oxygen atoms in total. The molecule has 5 heteroatoms. The Morgan fingerprint density at radius 2 is 2.10 bits per heavy atom. The molecule has 3 rings (SSSR count). The van der Waals surface area contributed by atoms with Crippen molar-refractivity contribution in [2.75, 3.05) is 19.6 Å². The Hall–Kier alpha value is -0.875. The lowest BCUT2D eigenvalue weighted by Gasteiger charge is -2.31. The summed E-state index contributed by atoms with van der Waals surface area (Å²) in [5, 5.41) is 21.6. The molecule has 0 aromatic heterocycles. The highest BCUT2D eigenvalue weighted by atomic mass is 16.4. The van der Waals surface area contributed by atoms with E-state index in [2.05, 4.69) is 40.5 Å². The molecule has 2 heterocycles. The minimum absolute atomic E-state index is 0.337. The highest BCUT2D eigenvalue weighted by Gasteiger charge is 2.49. The first-order chi connectivity index (χ1) is 10.2. The van der Waals surface area contributed by atoms with E-state index in [1.807, 2.05) is 0 Å². The van der Waals surface area contributed by atoms with Crippen LogP contribution in [-0.2, 0) is 6.54 Å². The molecule has 0 radical (unpaired) electrons. The van der Waals surface area contributed by atoms with Gasteiger partial charge in [0.2, 0.25) is 0 Å². The van der Waals surface area contributed by atoms with Crippen molar-refractivity contribution >= 4 is 7.12 Å². The van der Waals surface area contributed by atoms with Gasteiger partial charge in [-0.15, -0.1) is 0 Å². The third-order valence-corrected chi connectivity index (χ3v) is 5.22. The number of fused-ring (bicyclic) bond motifs is 1. The van der Waals surface area contributed by atoms with Crippen LogP contribution in [0.4, 0.5) is 0 Å². The third kappa shape index (κ3) is 3.32. The lowest BCUT2D eigenvalue weighted by Crippen LogP contribution is -2.38. The molecular formula is C16H25BN2O2. The van der Waals surface area contributed by atoms with Crippen molar-refractivity contribution in [3.8, 4) is 0 Å². The number of hydrogen-bond acceptors (Lipinski definition) is 4. The van der Waals surface area contributed by atoms with Gasteiger partial charge in [0.25, 0.3) is 0 Å². The van der Waals surface area contributed by atoms with E-state index >= 15 is 0 Å². The van der Waals surface area contributed by atoms with Crippen molar-refractivity contribution in [3.05, 3.63) is 35.9 Å². The van der Waals surface area contributed by atoms with E-state index in [1.54, 1.807) is 0 Å². The predicted octanol–water partition coefficient (Wildman–Crippen LogP) is 1.10. The van der Waals surface area contributed by atoms with Crippen LogP contribution in [0.15, 0.2) is 30.3 Å². The number of likely N-dealkylation sites (tertiary alicyclic amines) is 1. The zero-order valence-electron chi connectivity index (χ0n) is 12.5. The Labute approximate surface area is 127 Å². The van der Waals surface area contributed by atoms with Gasteiger partial charge in [0.05, 0.1) is 0 Å². The maximum Gasteiger partial charge on any atom is 0.451 e. The standard InChI is InChI=1S/C16H25BN2O2/c20-17(21)9-4-7-16-8-10-19(15(16)11-18-13-16)12-14-5-2-1-3-6-14/h1-3,5-6,15,18,20-21H,4,7-13H2/t15-,16+/m0/s1. The molecule has 3 N–H and O–H groups in total. The molecule has 0 aliphatic carbocycles. The van der Waals surface area contributed by atoms with E-state index in [0.717, 1.165) is 39.0 Å². The molecule has 114 valence electrons. The Balaban J connectivity index is 1.62. The Bertz CT molecular complexity index is 457. The Morgan fingerprint density at radius 1 is 1.29 bits per heavy atom. The molecule has 2 atom stereocenters. The van der Waals surface area contributed by atoms with Gasteiger partial charge in [-0.05, 0) is 31.3 Å². The average Bonchev–Trinajstić information content (AvgIpc) is 3.00. The van der Waals surface area contributed by atoms with Crippen molar-refractivity contribution in [1.82, 2.24) is 10.2 Å². The zero-order valence-corrected chi connectivity index (χ0v) is 12.5. The molecule has 2 aliphatic rings. The summed E-state index contributed by atoms with van der Waals surface area (Å²) in [4.78, 5) is 2.60. The molecule has 0 spiro atoms. The number of nitrogens with zero attached hydrogens (tertiary/aromatic N) is 1. The summed E-state index contributed by atoms with van der Waals surface area (Å²) in [6, 6.07) is 11.3.